The zero-order valence-corrected chi connectivity index (χ0v) is 13.3. The second-order valence-corrected chi connectivity index (χ2v) is 5.67. The van der Waals surface area contributed by atoms with E-state index in [4.69, 9.17) is 39.5 Å². The third kappa shape index (κ3) is 4.81. The summed E-state index contributed by atoms with van der Waals surface area (Å²) >= 11 is 17.6. The van der Waals surface area contributed by atoms with Gasteiger partial charge in [0.05, 0.1) is 0 Å². The third-order valence-corrected chi connectivity index (χ3v) is 3.28. The summed E-state index contributed by atoms with van der Waals surface area (Å²) < 4.78 is 5.53. The molecule has 2 rings (SSSR count). The molecule has 6 heteroatoms. The molecule has 21 heavy (non-hydrogen) atoms. The first kappa shape index (κ1) is 16.0. The predicted molar refractivity (Wildman–Crippen MR) is 86.6 cm³/mol. The molecule has 0 saturated carbocycles. The Bertz CT molecular complexity index is 641. The number of hydrogen-bond acceptors (Lipinski definition) is 2. The highest BCUT2D eigenvalue weighted by Crippen LogP contribution is 2.25. The summed E-state index contributed by atoms with van der Waals surface area (Å²) in [6, 6.07) is 11.7. The fraction of sp³-hybridized carbons (Fsp3) is 0.133. The number of carbonyl (C=O) groups excluding carboxylic acids is 1. The molecule has 0 unspecified atom stereocenters. The summed E-state index contributed by atoms with van der Waals surface area (Å²) in [5.74, 6) is 0.134. The Balaban J connectivity index is 2.02. The third-order valence-electron chi connectivity index (χ3n) is 2.61. The number of hydrogen-bond donors (Lipinski definition) is 1. The molecule has 2 aromatic carbocycles. The highest BCUT2D eigenvalue weighted by atomic mass is 35.5. The van der Waals surface area contributed by atoms with Crippen molar-refractivity contribution in [3.63, 3.8) is 0 Å². The molecule has 1 N–H and O–H groups in total. The van der Waals surface area contributed by atoms with Gasteiger partial charge in [0.1, 0.15) is 5.75 Å². The van der Waals surface area contributed by atoms with Crippen LogP contribution in [0.25, 0.3) is 0 Å². The van der Waals surface area contributed by atoms with Crippen LogP contribution in [0.4, 0.5) is 5.69 Å². The molecule has 0 saturated heterocycles. The van der Waals surface area contributed by atoms with Crippen molar-refractivity contribution in [2.75, 3.05) is 5.32 Å². The van der Waals surface area contributed by atoms with E-state index >= 15 is 0 Å². The lowest BCUT2D eigenvalue weighted by atomic mass is 10.3. The molecular formula is C15H12Cl3NO2. The van der Waals surface area contributed by atoms with Crippen molar-refractivity contribution in [3.8, 4) is 5.75 Å². The van der Waals surface area contributed by atoms with Gasteiger partial charge < -0.3 is 10.1 Å². The summed E-state index contributed by atoms with van der Waals surface area (Å²) in [5, 5.41) is 4.15. The predicted octanol–water partition coefficient (Wildman–Crippen LogP) is 5.05. The van der Waals surface area contributed by atoms with Crippen LogP contribution in [-0.2, 0) is 4.79 Å². The molecule has 110 valence electrons. The smallest absolute Gasteiger partial charge is 0.265 e. The lowest BCUT2D eigenvalue weighted by molar-refractivity contribution is -0.122. The fourth-order valence-electron chi connectivity index (χ4n) is 1.66. The van der Waals surface area contributed by atoms with Gasteiger partial charge >= 0.3 is 0 Å². The Kier molecular flexibility index (Phi) is 5.34. The van der Waals surface area contributed by atoms with E-state index in [-0.39, 0.29) is 5.91 Å². The SMILES string of the molecule is C[C@H](Oc1cc(Cl)cc(Cl)c1)C(=O)Nc1cccc(Cl)c1. The fourth-order valence-corrected chi connectivity index (χ4v) is 2.36. The standard InChI is InChI=1S/C15H12Cl3NO2/c1-9(21-14-7-11(17)5-12(18)8-14)15(20)19-13-4-2-3-10(16)6-13/h2-9H,1H3,(H,19,20)/t9-/m0/s1. The molecule has 0 fully saturated rings. The number of nitrogens with one attached hydrogen (secondary N) is 1. The van der Waals surface area contributed by atoms with Crippen molar-refractivity contribution in [1.82, 2.24) is 0 Å². The van der Waals surface area contributed by atoms with Gasteiger partial charge in [0.2, 0.25) is 0 Å². The maximum absolute atomic E-state index is 12.1. The second kappa shape index (κ2) is 7.03. The molecule has 0 spiro atoms. The van der Waals surface area contributed by atoms with E-state index in [9.17, 15) is 4.79 Å². The average Bonchev–Trinajstić information content (AvgIpc) is 2.37. The van der Waals surface area contributed by atoms with Gasteiger partial charge in [0, 0.05) is 20.8 Å². The molecule has 0 aliphatic rings. The van der Waals surface area contributed by atoms with E-state index in [1.807, 2.05) is 0 Å². The van der Waals surface area contributed by atoms with Crippen molar-refractivity contribution >= 4 is 46.4 Å². The topological polar surface area (TPSA) is 38.3 Å². The van der Waals surface area contributed by atoms with E-state index < -0.39 is 6.10 Å². The highest BCUT2D eigenvalue weighted by molar-refractivity contribution is 6.34. The molecule has 0 radical (unpaired) electrons. The van der Waals surface area contributed by atoms with Crippen LogP contribution in [0, 0.1) is 0 Å². The van der Waals surface area contributed by atoms with E-state index in [1.165, 1.54) is 0 Å². The van der Waals surface area contributed by atoms with Crippen LogP contribution in [0.2, 0.25) is 15.1 Å². The minimum Gasteiger partial charge on any atom is -0.481 e. The van der Waals surface area contributed by atoms with E-state index in [2.05, 4.69) is 5.32 Å². The molecule has 0 aromatic heterocycles. The van der Waals surface area contributed by atoms with E-state index in [0.717, 1.165) is 0 Å². The molecule has 0 aliphatic carbocycles. The maximum Gasteiger partial charge on any atom is 0.265 e. The monoisotopic (exact) mass is 343 g/mol. The number of ether oxygens (including phenoxy) is 1. The first-order valence-corrected chi connectivity index (χ1v) is 7.26. The van der Waals surface area contributed by atoms with E-state index in [1.54, 1.807) is 49.4 Å². The molecule has 0 heterocycles. The molecule has 2 aromatic rings. The molecule has 1 amide bonds. The largest absolute Gasteiger partial charge is 0.481 e. The number of benzene rings is 2. The Morgan fingerprint density at radius 3 is 2.33 bits per heavy atom. The van der Waals surface area contributed by atoms with Crippen molar-refractivity contribution in [2.24, 2.45) is 0 Å². The van der Waals surface area contributed by atoms with Crippen molar-refractivity contribution in [3.05, 3.63) is 57.5 Å². The van der Waals surface area contributed by atoms with Gasteiger partial charge in [-0.2, -0.15) is 0 Å². The summed E-state index contributed by atoms with van der Waals surface area (Å²) in [6.07, 6.45) is -0.710. The van der Waals surface area contributed by atoms with E-state index in [0.29, 0.717) is 26.5 Å². The summed E-state index contributed by atoms with van der Waals surface area (Å²) in [7, 11) is 0. The van der Waals surface area contributed by atoms with Gasteiger partial charge in [0.25, 0.3) is 5.91 Å². The van der Waals surface area contributed by atoms with Gasteiger partial charge in [-0.3, -0.25) is 4.79 Å². The number of halogens is 3. The van der Waals surface area contributed by atoms with Crippen LogP contribution >= 0.6 is 34.8 Å². The molecule has 0 aliphatic heterocycles. The molecular weight excluding hydrogens is 333 g/mol. The van der Waals surface area contributed by atoms with Gasteiger partial charge in [-0.05, 0) is 43.3 Å². The normalized spacial score (nSPS) is 11.8. The van der Waals surface area contributed by atoms with Crippen LogP contribution in [0.1, 0.15) is 6.92 Å². The molecule has 3 nitrogen and oxygen atoms in total. The minimum atomic E-state index is -0.710. The zero-order chi connectivity index (χ0) is 15.4. The van der Waals surface area contributed by atoms with Crippen molar-refractivity contribution < 1.29 is 9.53 Å². The number of anilines is 1. The lowest BCUT2D eigenvalue weighted by Gasteiger charge is -2.15. The lowest BCUT2D eigenvalue weighted by Crippen LogP contribution is -2.30. The molecule has 1 atom stereocenters. The van der Waals surface area contributed by atoms with Crippen LogP contribution in [0.5, 0.6) is 5.75 Å². The quantitative estimate of drug-likeness (QED) is 0.842. The highest BCUT2D eigenvalue weighted by Gasteiger charge is 2.15. The zero-order valence-electron chi connectivity index (χ0n) is 11.1. The number of rotatable bonds is 4. The Morgan fingerprint density at radius 2 is 1.71 bits per heavy atom. The van der Waals surface area contributed by atoms with Crippen molar-refractivity contribution in [1.29, 1.82) is 0 Å². The maximum atomic E-state index is 12.1. The minimum absolute atomic E-state index is 0.298. The Hall–Kier alpha value is -1.42. The van der Waals surface area contributed by atoms with Gasteiger partial charge in [0.15, 0.2) is 6.10 Å². The molecule has 0 bridgehead atoms. The van der Waals surface area contributed by atoms with Crippen LogP contribution < -0.4 is 10.1 Å². The van der Waals surface area contributed by atoms with Gasteiger partial charge in [-0.1, -0.05) is 40.9 Å². The average molecular weight is 345 g/mol. The number of carbonyl (C=O) groups is 1. The van der Waals surface area contributed by atoms with Crippen LogP contribution in [-0.4, -0.2) is 12.0 Å². The summed E-state index contributed by atoms with van der Waals surface area (Å²) in [4.78, 5) is 12.1. The first-order valence-electron chi connectivity index (χ1n) is 6.13. The van der Waals surface area contributed by atoms with Gasteiger partial charge in [-0.15, -0.1) is 0 Å². The van der Waals surface area contributed by atoms with Gasteiger partial charge in [-0.25, -0.2) is 0 Å². The summed E-state index contributed by atoms with van der Waals surface area (Å²) in [5.41, 5.74) is 0.604. The first-order chi connectivity index (χ1) is 9.94. The van der Waals surface area contributed by atoms with Crippen molar-refractivity contribution in [2.45, 2.75) is 13.0 Å². The number of amides is 1. The Morgan fingerprint density at radius 1 is 1.05 bits per heavy atom. The Labute approximate surface area is 137 Å². The van der Waals surface area contributed by atoms with Crippen LogP contribution in [0.15, 0.2) is 42.5 Å². The summed E-state index contributed by atoms with van der Waals surface area (Å²) in [6.45, 7) is 1.63. The second-order valence-electron chi connectivity index (χ2n) is 4.36. The van der Waals surface area contributed by atoms with Crippen LogP contribution in [0.3, 0.4) is 0 Å².